The molecule has 27 heavy (non-hydrogen) atoms. The number of amides is 2. The maximum absolute atomic E-state index is 12.6. The van der Waals surface area contributed by atoms with E-state index in [1.54, 1.807) is 16.3 Å². The topological polar surface area (TPSA) is 82.5 Å². The normalized spacial score (nSPS) is 10.6. The van der Waals surface area contributed by atoms with E-state index >= 15 is 0 Å². The van der Waals surface area contributed by atoms with Gasteiger partial charge in [0.15, 0.2) is 5.13 Å². The zero-order valence-electron chi connectivity index (χ0n) is 14.5. The van der Waals surface area contributed by atoms with Crippen LogP contribution in [0.5, 0.6) is 0 Å². The molecule has 8 heteroatoms. The van der Waals surface area contributed by atoms with Crippen LogP contribution in [0.1, 0.15) is 20.9 Å². The van der Waals surface area contributed by atoms with E-state index < -0.39 is 0 Å². The summed E-state index contributed by atoms with van der Waals surface area (Å²) < 4.78 is 0. The van der Waals surface area contributed by atoms with Crippen molar-refractivity contribution in [2.45, 2.75) is 13.0 Å². The van der Waals surface area contributed by atoms with Crippen molar-refractivity contribution in [2.75, 3.05) is 18.5 Å². The molecular formula is C19H19N3O3S2. The molecule has 0 saturated carbocycles. The van der Waals surface area contributed by atoms with Crippen LogP contribution in [0.15, 0.2) is 53.2 Å². The highest BCUT2D eigenvalue weighted by Gasteiger charge is 2.17. The minimum absolute atomic E-state index is 0.0994. The van der Waals surface area contributed by atoms with E-state index in [0.29, 0.717) is 22.2 Å². The van der Waals surface area contributed by atoms with Gasteiger partial charge in [0.05, 0.1) is 23.6 Å². The Hall–Kier alpha value is -2.55. The molecule has 1 aromatic carbocycles. The summed E-state index contributed by atoms with van der Waals surface area (Å²) in [6.45, 7) is 0.601. The van der Waals surface area contributed by atoms with E-state index in [-0.39, 0.29) is 31.4 Å². The molecule has 0 radical (unpaired) electrons. The Kier molecular flexibility index (Phi) is 6.69. The number of aliphatic hydroxyl groups is 1. The molecule has 0 bridgehead atoms. The third kappa shape index (κ3) is 5.46. The Morgan fingerprint density at radius 2 is 1.93 bits per heavy atom. The molecule has 6 nitrogen and oxygen atoms in total. The number of nitrogens with zero attached hydrogens (tertiary/aromatic N) is 2. The van der Waals surface area contributed by atoms with Gasteiger partial charge in [0.2, 0.25) is 5.91 Å². The van der Waals surface area contributed by atoms with E-state index in [4.69, 9.17) is 0 Å². The van der Waals surface area contributed by atoms with Crippen LogP contribution in [-0.4, -0.2) is 40.0 Å². The average Bonchev–Trinajstić information content (AvgIpc) is 3.34. The molecule has 0 spiro atoms. The van der Waals surface area contributed by atoms with E-state index in [1.165, 1.54) is 22.7 Å². The van der Waals surface area contributed by atoms with Crippen LogP contribution < -0.4 is 5.32 Å². The molecule has 2 N–H and O–H groups in total. The van der Waals surface area contributed by atoms with Crippen LogP contribution in [0, 0.1) is 0 Å². The first kappa shape index (κ1) is 19.2. The molecule has 2 amide bonds. The van der Waals surface area contributed by atoms with Crippen molar-refractivity contribution >= 4 is 39.6 Å². The highest BCUT2D eigenvalue weighted by molar-refractivity contribution is 7.14. The summed E-state index contributed by atoms with van der Waals surface area (Å²) >= 11 is 2.65. The fourth-order valence-electron chi connectivity index (χ4n) is 2.50. The van der Waals surface area contributed by atoms with Crippen molar-refractivity contribution in [3.05, 3.63) is 69.4 Å². The van der Waals surface area contributed by atoms with Gasteiger partial charge in [-0.05, 0) is 17.0 Å². The van der Waals surface area contributed by atoms with Crippen LogP contribution in [0.2, 0.25) is 0 Å². The number of benzene rings is 1. The molecule has 3 rings (SSSR count). The summed E-state index contributed by atoms with van der Waals surface area (Å²) in [5.41, 5.74) is 1.60. The standard InChI is InChI=1S/C19H19N3O3S2/c23-9-8-22(12-14-5-2-1-3-6-14)17(24)11-15-13-27-19(20-15)21-18(25)16-7-4-10-26-16/h1-7,10,13,23H,8-9,11-12H2,(H,20,21,25). The van der Waals surface area contributed by atoms with Crippen molar-refractivity contribution in [3.63, 3.8) is 0 Å². The lowest BCUT2D eigenvalue weighted by molar-refractivity contribution is -0.131. The second kappa shape index (κ2) is 9.40. The Morgan fingerprint density at radius 1 is 1.11 bits per heavy atom. The monoisotopic (exact) mass is 401 g/mol. The first-order valence-electron chi connectivity index (χ1n) is 8.37. The molecule has 140 valence electrons. The van der Waals surface area contributed by atoms with Gasteiger partial charge in [-0.25, -0.2) is 4.98 Å². The number of hydrogen-bond acceptors (Lipinski definition) is 6. The number of carbonyl (C=O) groups is 2. The SMILES string of the molecule is O=C(Nc1nc(CC(=O)N(CCO)Cc2ccccc2)cs1)c1cccs1. The van der Waals surface area contributed by atoms with Gasteiger partial charge in [-0.15, -0.1) is 22.7 Å². The molecule has 2 heterocycles. The lowest BCUT2D eigenvalue weighted by atomic mass is 10.2. The van der Waals surface area contributed by atoms with Gasteiger partial charge in [-0.3, -0.25) is 14.9 Å². The Labute approximate surface area is 165 Å². The number of nitrogens with one attached hydrogen (secondary N) is 1. The highest BCUT2D eigenvalue weighted by Crippen LogP contribution is 2.19. The number of aromatic nitrogens is 1. The van der Waals surface area contributed by atoms with Gasteiger partial charge in [-0.1, -0.05) is 36.4 Å². The van der Waals surface area contributed by atoms with Crippen LogP contribution >= 0.6 is 22.7 Å². The zero-order valence-corrected chi connectivity index (χ0v) is 16.1. The number of aliphatic hydroxyl groups excluding tert-OH is 1. The predicted molar refractivity (Wildman–Crippen MR) is 107 cm³/mol. The molecule has 2 aromatic heterocycles. The summed E-state index contributed by atoms with van der Waals surface area (Å²) in [7, 11) is 0. The number of hydrogen-bond donors (Lipinski definition) is 2. The third-order valence-corrected chi connectivity index (χ3v) is 5.46. The maximum Gasteiger partial charge on any atom is 0.267 e. The minimum atomic E-state index is -0.205. The minimum Gasteiger partial charge on any atom is -0.395 e. The molecule has 0 aliphatic rings. The van der Waals surface area contributed by atoms with E-state index in [1.807, 2.05) is 41.8 Å². The zero-order chi connectivity index (χ0) is 19.1. The van der Waals surface area contributed by atoms with E-state index in [9.17, 15) is 14.7 Å². The second-order valence-electron chi connectivity index (χ2n) is 5.78. The van der Waals surface area contributed by atoms with E-state index in [0.717, 1.165) is 5.56 Å². The number of anilines is 1. The highest BCUT2D eigenvalue weighted by atomic mass is 32.1. The van der Waals surface area contributed by atoms with Crippen molar-refractivity contribution in [2.24, 2.45) is 0 Å². The van der Waals surface area contributed by atoms with Gasteiger partial charge in [-0.2, -0.15) is 0 Å². The van der Waals surface area contributed by atoms with Crippen LogP contribution in [0.25, 0.3) is 0 Å². The number of rotatable bonds is 8. The number of thiazole rings is 1. The molecule has 0 aliphatic carbocycles. The van der Waals surface area contributed by atoms with Crippen molar-refractivity contribution in [3.8, 4) is 0 Å². The summed E-state index contributed by atoms with van der Waals surface area (Å²) in [5.74, 6) is -0.322. The molecule has 0 atom stereocenters. The molecule has 0 unspecified atom stereocenters. The van der Waals surface area contributed by atoms with Crippen molar-refractivity contribution in [1.82, 2.24) is 9.88 Å². The Bertz CT molecular complexity index is 879. The average molecular weight is 402 g/mol. The summed E-state index contributed by atoms with van der Waals surface area (Å²) in [4.78, 5) is 31.2. The molecule has 3 aromatic rings. The fourth-order valence-corrected chi connectivity index (χ4v) is 3.82. The van der Waals surface area contributed by atoms with Crippen molar-refractivity contribution in [1.29, 1.82) is 0 Å². The van der Waals surface area contributed by atoms with Crippen LogP contribution in [-0.2, 0) is 17.8 Å². The van der Waals surface area contributed by atoms with Gasteiger partial charge < -0.3 is 10.0 Å². The molecular weight excluding hydrogens is 382 g/mol. The first-order valence-corrected chi connectivity index (χ1v) is 10.1. The van der Waals surface area contributed by atoms with Gasteiger partial charge >= 0.3 is 0 Å². The largest absolute Gasteiger partial charge is 0.395 e. The molecule has 0 fully saturated rings. The summed E-state index contributed by atoms with van der Waals surface area (Å²) in [6, 6.07) is 13.2. The summed E-state index contributed by atoms with van der Waals surface area (Å²) in [6.07, 6.45) is 0.123. The van der Waals surface area contributed by atoms with Gasteiger partial charge in [0.1, 0.15) is 0 Å². The van der Waals surface area contributed by atoms with Crippen LogP contribution in [0.3, 0.4) is 0 Å². The van der Waals surface area contributed by atoms with Gasteiger partial charge in [0, 0.05) is 18.5 Å². The van der Waals surface area contributed by atoms with Crippen molar-refractivity contribution < 1.29 is 14.7 Å². The molecule has 0 aliphatic heterocycles. The second-order valence-corrected chi connectivity index (χ2v) is 7.58. The lowest BCUT2D eigenvalue weighted by Gasteiger charge is -2.21. The quantitative estimate of drug-likeness (QED) is 0.608. The van der Waals surface area contributed by atoms with Crippen LogP contribution in [0.4, 0.5) is 5.13 Å². The third-order valence-electron chi connectivity index (χ3n) is 3.79. The van der Waals surface area contributed by atoms with Gasteiger partial charge in [0.25, 0.3) is 5.91 Å². The Balaban J connectivity index is 1.60. The maximum atomic E-state index is 12.6. The molecule has 0 saturated heterocycles. The summed E-state index contributed by atoms with van der Waals surface area (Å²) in [5, 5.41) is 16.1. The predicted octanol–water partition coefficient (Wildman–Crippen LogP) is 3.02. The number of thiophene rings is 1. The fraction of sp³-hybridized carbons (Fsp3) is 0.211. The first-order chi connectivity index (χ1) is 13.2. The van der Waals surface area contributed by atoms with E-state index in [2.05, 4.69) is 10.3 Å². The lowest BCUT2D eigenvalue weighted by Crippen LogP contribution is -2.34. The number of carbonyl (C=O) groups excluding carboxylic acids is 2. The smallest absolute Gasteiger partial charge is 0.267 e. The Morgan fingerprint density at radius 3 is 2.63 bits per heavy atom.